The van der Waals surface area contributed by atoms with Crippen LogP contribution in [-0.2, 0) is 4.79 Å². The lowest BCUT2D eigenvalue weighted by Gasteiger charge is -2.09. The molecule has 0 aliphatic heterocycles. The molecule has 6 heteroatoms. The summed E-state index contributed by atoms with van der Waals surface area (Å²) in [6.45, 7) is 0. The molecule has 0 bridgehead atoms. The van der Waals surface area contributed by atoms with Gasteiger partial charge in [-0.3, -0.25) is 4.79 Å². The van der Waals surface area contributed by atoms with E-state index < -0.39 is 11.5 Å². The normalized spacial score (nSPS) is 10.8. The van der Waals surface area contributed by atoms with E-state index in [0.29, 0.717) is 22.0 Å². The molecular weight excluding hydrogens is 294 g/mol. The number of H-pyrrole nitrogens is 1. The molecule has 0 unspecified atom stereocenters. The summed E-state index contributed by atoms with van der Waals surface area (Å²) in [5.41, 5.74) is 1.04. The van der Waals surface area contributed by atoms with Crippen LogP contribution in [0, 0.1) is 0 Å². The molecule has 21 heavy (non-hydrogen) atoms. The molecular formula is C15H12ClNO4. The van der Waals surface area contributed by atoms with E-state index in [1.807, 2.05) is 0 Å². The predicted octanol–water partition coefficient (Wildman–Crippen LogP) is 2.80. The van der Waals surface area contributed by atoms with E-state index in [9.17, 15) is 9.59 Å². The molecule has 5 nitrogen and oxygen atoms in total. The Hall–Kier alpha value is -2.53. The molecule has 0 saturated carbocycles. The Kier molecular flexibility index (Phi) is 4.45. The summed E-state index contributed by atoms with van der Waals surface area (Å²) in [5.74, 6) is -0.543. The highest BCUT2D eigenvalue weighted by molar-refractivity contribution is 6.30. The van der Waals surface area contributed by atoms with E-state index in [0.717, 1.165) is 6.08 Å². The topological polar surface area (TPSA) is 79.4 Å². The lowest BCUT2D eigenvalue weighted by atomic mass is 10.1. The van der Waals surface area contributed by atoms with Crippen LogP contribution < -0.4 is 10.3 Å². The lowest BCUT2D eigenvalue weighted by Crippen LogP contribution is -2.10. The highest BCUT2D eigenvalue weighted by Crippen LogP contribution is 2.30. The molecule has 1 aromatic carbocycles. The summed E-state index contributed by atoms with van der Waals surface area (Å²) in [6.07, 6.45) is 2.14. The third-order valence-electron chi connectivity index (χ3n) is 2.80. The van der Waals surface area contributed by atoms with Gasteiger partial charge in [-0.2, -0.15) is 0 Å². The maximum absolute atomic E-state index is 11.9. The number of carbonyl (C=O) groups is 1. The number of carboxylic acid groups (broad SMARTS) is 1. The maximum atomic E-state index is 11.9. The molecule has 0 fully saturated rings. The summed E-state index contributed by atoms with van der Waals surface area (Å²) in [5, 5.41) is 9.08. The van der Waals surface area contributed by atoms with Gasteiger partial charge in [0.25, 0.3) is 5.56 Å². The average Bonchev–Trinajstić information content (AvgIpc) is 2.45. The van der Waals surface area contributed by atoms with E-state index in [4.69, 9.17) is 21.4 Å². The molecule has 0 saturated heterocycles. The summed E-state index contributed by atoms with van der Waals surface area (Å²) in [6, 6.07) is 8.27. The summed E-state index contributed by atoms with van der Waals surface area (Å²) in [4.78, 5) is 25.1. The van der Waals surface area contributed by atoms with Crippen molar-refractivity contribution < 1.29 is 14.6 Å². The van der Waals surface area contributed by atoms with E-state index in [1.165, 1.54) is 19.3 Å². The smallest absolute Gasteiger partial charge is 0.328 e. The van der Waals surface area contributed by atoms with Gasteiger partial charge in [0.1, 0.15) is 5.75 Å². The first-order valence-electron chi connectivity index (χ1n) is 5.99. The summed E-state index contributed by atoms with van der Waals surface area (Å²) in [7, 11) is 1.52. The zero-order chi connectivity index (χ0) is 15.4. The van der Waals surface area contributed by atoms with Gasteiger partial charge >= 0.3 is 5.97 Å². The molecule has 0 aliphatic rings. The fourth-order valence-electron chi connectivity index (χ4n) is 1.83. The second-order valence-electron chi connectivity index (χ2n) is 4.17. The van der Waals surface area contributed by atoms with Crippen molar-refractivity contribution in [1.82, 2.24) is 4.98 Å². The van der Waals surface area contributed by atoms with Crippen molar-refractivity contribution in [2.75, 3.05) is 7.11 Å². The van der Waals surface area contributed by atoms with Crippen molar-refractivity contribution in [3.8, 4) is 17.0 Å². The number of methoxy groups -OCH3 is 1. The highest BCUT2D eigenvalue weighted by atomic mass is 35.5. The summed E-state index contributed by atoms with van der Waals surface area (Å²) < 4.78 is 5.23. The number of carboxylic acids is 1. The number of rotatable bonds is 4. The molecule has 108 valence electrons. The van der Waals surface area contributed by atoms with Gasteiger partial charge in [-0.15, -0.1) is 0 Å². The Balaban J connectivity index is 2.48. The number of hydrogen-bond acceptors (Lipinski definition) is 3. The third-order valence-corrected chi connectivity index (χ3v) is 3.03. The van der Waals surface area contributed by atoms with Crippen molar-refractivity contribution in [3.63, 3.8) is 0 Å². The molecule has 0 radical (unpaired) electrons. The Morgan fingerprint density at radius 2 is 2.10 bits per heavy atom. The van der Waals surface area contributed by atoms with Gasteiger partial charge in [0.05, 0.1) is 12.8 Å². The first-order valence-corrected chi connectivity index (χ1v) is 6.37. The van der Waals surface area contributed by atoms with Crippen LogP contribution in [0.1, 0.15) is 5.56 Å². The van der Waals surface area contributed by atoms with E-state index in [2.05, 4.69) is 4.98 Å². The second kappa shape index (κ2) is 6.28. The minimum absolute atomic E-state index is 0.252. The van der Waals surface area contributed by atoms with Crippen molar-refractivity contribution >= 4 is 23.6 Å². The van der Waals surface area contributed by atoms with Gasteiger partial charge in [-0.1, -0.05) is 11.6 Å². The van der Waals surface area contributed by atoms with Gasteiger partial charge in [0.15, 0.2) is 0 Å². The van der Waals surface area contributed by atoms with Crippen molar-refractivity contribution in [3.05, 3.63) is 57.3 Å². The SMILES string of the molecule is COc1ccc(Cl)cc1-c1ccc(/C=C/C(=O)O)c(=O)[nH]1. The van der Waals surface area contributed by atoms with Gasteiger partial charge in [-0.05, 0) is 36.4 Å². The van der Waals surface area contributed by atoms with Crippen LogP contribution in [0.3, 0.4) is 0 Å². The molecule has 2 aromatic rings. The van der Waals surface area contributed by atoms with Crippen molar-refractivity contribution in [1.29, 1.82) is 0 Å². The van der Waals surface area contributed by atoms with E-state index in [1.54, 1.807) is 24.3 Å². The number of benzene rings is 1. The first-order chi connectivity index (χ1) is 10.0. The van der Waals surface area contributed by atoms with Gasteiger partial charge < -0.3 is 14.8 Å². The number of aliphatic carboxylic acids is 1. The minimum atomic E-state index is -1.12. The highest BCUT2D eigenvalue weighted by Gasteiger charge is 2.08. The quantitative estimate of drug-likeness (QED) is 0.851. The molecule has 0 amide bonds. The van der Waals surface area contributed by atoms with Crippen molar-refractivity contribution in [2.24, 2.45) is 0 Å². The minimum Gasteiger partial charge on any atom is -0.496 e. The maximum Gasteiger partial charge on any atom is 0.328 e. The predicted molar refractivity (Wildman–Crippen MR) is 80.7 cm³/mol. The third kappa shape index (κ3) is 3.52. The van der Waals surface area contributed by atoms with Crippen molar-refractivity contribution in [2.45, 2.75) is 0 Å². The Bertz CT molecular complexity index is 765. The zero-order valence-electron chi connectivity index (χ0n) is 11.1. The molecule has 1 heterocycles. The summed E-state index contributed by atoms with van der Waals surface area (Å²) >= 11 is 5.96. The van der Waals surface area contributed by atoms with Crippen LogP contribution in [-0.4, -0.2) is 23.2 Å². The molecule has 0 aliphatic carbocycles. The largest absolute Gasteiger partial charge is 0.496 e. The number of nitrogens with one attached hydrogen (secondary N) is 1. The lowest BCUT2D eigenvalue weighted by molar-refractivity contribution is -0.131. The van der Waals surface area contributed by atoms with E-state index in [-0.39, 0.29) is 5.56 Å². The molecule has 2 N–H and O–H groups in total. The van der Waals surface area contributed by atoms with Crippen LogP contribution in [0.15, 0.2) is 41.2 Å². The number of hydrogen-bond donors (Lipinski definition) is 2. The van der Waals surface area contributed by atoms with Gasteiger partial charge in [-0.25, -0.2) is 4.79 Å². The fraction of sp³-hybridized carbons (Fsp3) is 0.0667. The van der Waals surface area contributed by atoms with Gasteiger partial charge in [0, 0.05) is 22.2 Å². The van der Waals surface area contributed by atoms with Crippen LogP contribution in [0.2, 0.25) is 5.02 Å². The second-order valence-corrected chi connectivity index (χ2v) is 4.61. The number of ether oxygens (including phenoxy) is 1. The number of aromatic amines is 1. The molecule has 1 aromatic heterocycles. The van der Waals surface area contributed by atoms with E-state index >= 15 is 0 Å². The molecule has 2 rings (SSSR count). The Morgan fingerprint density at radius 3 is 2.71 bits per heavy atom. The number of pyridine rings is 1. The van der Waals surface area contributed by atoms with Crippen LogP contribution in [0.5, 0.6) is 5.75 Å². The zero-order valence-corrected chi connectivity index (χ0v) is 11.8. The standard InChI is InChI=1S/C15H12ClNO4/c1-21-13-6-4-10(16)8-11(13)12-5-2-9(15(20)17-12)3-7-14(18)19/h2-8H,1H3,(H,17,20)(H,18,19)/b7-3+. The fourth-order valence-corrected chi connectivity index (χ4v) is 2.00. The molecule has 0 spiro atoms. The average molecular weight is 306 g/mol. The van der Waals surface area contributed by atoms with Crippen LogP contribution in [0.4, 0.5) is 0 Å². The van der Waals surface area contributed by atoms with Crippen LogP contribution in [0.25, 0.3) is 17.3 Å². The Labute approximate surface area is 125 Å². The van der Waals surface area contributed by atoms with Crippen LogP contribution >= 0.6 is 11.6 Å². The van der Waals surface area contributed by atoms with Gasteiger partial charge in [0.2, 0.25) is 0 Å². The molecule has 0 atom stereocenters. The number of halogens is 1. The number of aromatic nitrogens is 1. The monoisotopic (exact) mass is 305 g/mol. The first kappa shape index (κ1) is 14.9. The Morgan fingerprint density at radius 1 is 1.33 bits per heavy atom.